The highest BCUT2D eigenvalue weighted by atomic mass is 19.3. The molecule has 1 aromatic carbocycles. The highest BCUT2D eigenvalue weighted by molar-refractivity contribution is 5.91. The Kier molecular flexibility index (Phi) is 6.08. The summed E-state index contributed by atoms with van der Waals surface area (Å²) in [4.78, 5) is 16.9. The predicted molar refractivity (Wildman–Crippen MR) is 119 cm³/mol. The van der Waals surface area contributed by atoms with Crippen molar-refractivity contribution >= 4 is 22.6 Å². The van der Waals surface area contributed by atoms with Crippen LogP contribution in [0.5, 0.6) is 5.75 Å². The summed E-state index contributed by atoms with van der Waals surface area (Å²) in [7, 11) is 0. The molecule has 0 spiro atoms. The largest absolute Gasteiger partial charge is 0.471 e. The number of alkyl halides is 2. The van der Waals surface area contributed by atoms with Crippen molar-refractivity contribution in [1.82, 2.24) is 24.5 Å². The van der Waals surface area contributed by atoms with Gasteiger partial charge in [0.15, 0.2) is 12.4 Å². The fourth-order valence-electron chi connectivity index (χ4n) is 3.73. The summed E-state index contributed by atoms with van der Waals surface area (Å²) in [6.45, 7) is 7.25. The molecule has 0 radical (unpaired) electrons. The average molecular weight is 454 g/mol. The van der Waals surface area contributed by atoms with E-state index in [1.807, 2.05) is 32.0 Å². The Balaban J connectivity index is 1.44. The normalized spacial score (nSPS) is 11.4. The molecule has 10 heteroatoms. The van der Waals surface area contributed by atoms with Crippen LogP contribution in [0.4, 0.5) is 14.5 Å². The maximum atomic E-state index is 13.5. The Bertz CT molecular complexity index is 1330. The zero-order valence-electron chi connectivity index (χ0n) is 18.8. The average Bonchev–Trinajstić information content (AvgIpc) is 3.30. The Labute approximate surface area is 189 Å². The summed E-state index contributed by atoms with van der Waals surface area (Å²) in [5.41, 5.74) is 3.62. The van der Waals surface area contributed by atoms with Crippen LogP contribution in [0.2, 0.25) is 0 Å². The number of hydrogen-bond donors (Lipinski definition) is 1. The SMILES string of the molecule is Cc1ccc(OCn2cc(NC(=O)Cn3nc(C)c4c(C(F)F)cc(C)nc43)cn2)c(C)c1. The molecule has 0 aliphatic heterocycles. The maximum Gasteiger partial charge on any atom is 0.264 e. The number of fused-ring (bicyclic) bond motifs is 1. The summed E-state index contributed by atoms with van der Waals surface area (Å²) < 4.78 is 35.6. The summed E-state index contributed by atoms with van der Waals surface area (Å²) in [5.74, 6) is 0.379. The van der Waals surface area contributed by atoms with Crippen LogP contribution in [0.1, 0.15) is 34.5 Å². The molecule has 0 aliphatic carbocycles. The molecule has 1 amide bonds. The van der Waals surface area contributed by atoms with Gasteiger partial charge in [-0.2, -0.15) is 10.2 Å². The molecule has 172 valence electrons. The first-order chi connectivity index (χ1) is 15.7. The van der Waals surface area contributed by atoms with Crippen LogP contribution < -0.4 is 10.1 Å². The van der Waals surface area contributed by atoms with Crippen LogP contribution in [-0.4, -0.2) is 30.5 Å². The van der Waals surface area contributed by atoms with Crippen LogP contribution >= 0.6 is 0 Å². The van der Waals surface area contributed by atoms with Gasteiger partial charge in [-0.1, -0.05) is 17.7 Å². The second-order valence-corrected chi connectivity index (χ2v) is 7.95. The number of nitrogens with one attached hydrogen (secondary N) is 1. The Morgan fingerprint density at radius 2 is 1.97 bits per heavy atom. The highest BCUT2D eigenvalue weighted by Gasteiger charge is 2.20. The molecule has 0 atom stereocenters. The van der Waals surface area contributed by atoms with E-state index >= 15 is 0 Å². The number of halogens is 2. The topological polar surface area (TPSA) is 86.9 Å². The molecule has 4 rings (SSSR count). The smallest absolute Gasteiger partial charge is 0.264 e. The molecule has 0 saturated heterocycles. The molecule has 8 nitrogen and oxygen atoms in total. The number of carbonyl (C=O) groups excluding carboxylic acids is 1. The number of hydrogen-bond acceptors (Lipinski definition) is 5. The van der Waals surface area contributed by atoms with Crippen LogP contribution in [0.15, 0.2) is 36.7 Å². The number of nitrogens with zero attached hydrogens (tertiary/aromatic N) is 5. The first-order valence-corrected chi connectivity index (χ1v) is 10.4. The Morgan fingerprint density at radius 3 is 2.70 bits per heavy atom. The van der Waals surface area contributed by atoms with Gasteiger partial charge in [-0.15, -0.1) is 0 Å². The standard InChI is InChI=1S/C23H24F2N6O2/c1-13-5-6-19(14(2)7-13)33-12-30-10-17(9-26-30)28-20(32)11-31-23-21(16(4)29-31)18(22(24)25)8-15(3)27-23/h5-10,22H,11-12H2,1-4H3,(H,28,32). The van der Waals surface area contributed by atoms with Gasteiger partial charge in [-0.3, -0.25) is 4.79 Å². The summed E-state index contributed by atoms with van der Waals surface area (Å²) >= 11 is 0. The second kappa shape index (κ2) is 8.97. The van der Waals surface area contributed by atoms with Gasteiger partial charge in [-0.25, -0.2) is 23.1 Å². The van der Waals surface area contributed by atoms with E-state index in [1.54, 1.807) is 24.7 Å². The summed E-state index contributed by atoms with van der Waals surface area (Å²) in [6.07, 6.45) is 0.495. The number of carbonyl (C=O) groups is 1. The van der Waals surface area contributed by atoms with Crippen molar-refractivity contribution in [2.45, 2.75) is 47.4 Å². The summed E-state index contributed by atoms with van der Waals surface area (Å²) in [5, 5.41) is 11.5. The van der Waals surface area contributed by atoms with Crippen LogP contribution in [-0.2, 0) is 18.1 Å². The third-order valence-electron chi connectivity index (χ3n) is 5.16. The van der Waals surface area contributed by atoms with Crippen molar-refractivity contribution in [2.75, 3.05) is 5.32 Å². The minimum Gasteiger partial charge on any atom is -0.471 e. The van der Waals surface area contributed by atoms with Gasteiger partial charge in [0.05, 0.1) is 29.2 Å². The van der Waals surface area contributed by atoms with Crippen LogP contribution in [0.25, 0.3) is 11.0 Å². The monoisotopic (exact) mass is 454 g/mol. The van der Waals surface area contributed by atoms with Gasteiger partial charge < -0.3 is 10.1 Å². The lowest BCUT2D eigenvalue weighted by Crippen LogP contribution is -2.19. The van der Waals surface area contributed by atoms with Crippen molar-refractivity contribution in [3.63, 3.8) is 0 Å². The zero-order chi connectivity index (χ0) is 23.7. The van der Waals surface area contributed by atoms with Gasteiger partial charge >= 0.3 is 0 Å². The zero-order valence-corrected chi connectivity index (χ0v) is 18.8. The first-order valence-electron chi connectivity index (χ1n) is 10.4. The van der Waals surface area contributed by atoms with Crippen molar-refractivity contribution in [1.29, 1.82) is 0 Å². The molecule has 4 aromatic rings. The number of rotatable bonds is 7. The number of pyridine rings is 1. The minimum absolute atomic E-state index is 0.133. The molecule has 0 bridgehead atoms. The van der Waals surface area contributed by atoms with E-state index in [0.29, 0.717) is 17.1 Å². The molecular weight excluding hydrogens is 430 g/mol. The molecule has 0 unspecified atom stereocenters. The number of amides is 1. The minimum atomic E-state index is -2.66. The third kappa shape index (κ3) is 4.84. The van der Waals surface area contributed by atoms with Crippen LogP contribution in [0.3, 0.4) is 0 Å². The maximum absolute atomic E-state index is 13.5. The van der Waals surface area contributed by atoms with E-state index in [1.165, 1.54) is 16.9 Å². The van der Waals surface area contributed by atoms with E-state index in [9.17, 15) is 13.6 Å². The molecule has 0 aliphatic rings. The van der Waals surface area contributed by atoms with Crippen molar-refractivity contribution in [3.8, 4) is 5.75 Å². The molecular formula is C23H24F2N6O2. The van der Waals surface area contributed by atoms with Crippen molar-refractivity contribution < 1.29 is 18.3 Å². The molecule has 1 N–H and O–H groups in total. The predicted octanol–water partition coefficient (Wildman–Crippen LogP) is 4.47. The van der Waals surface area contributed by atoms with Crippen molar-refractivity contribution in [2.24, 2.45) is 0 Å². The van der Waals surface area contributed by atoms with E-state index in [-0.39, 0.29) is 35.8 Å². The lowest BCUT2D eigenvalue weighted by atomic mass is 10.1. The van der Waals surface area contributed by atoms with E-state index < -0.39 is 6.43 Å². The second-order valence-electron chi connectivity index (χ2n) is 7.95. The van der Waals surface area contributed by atoms with Gasteiger partial charge in [0.25, 0.3) is 6.43 Å². The highest BCUT2D eigenvalue weighted by Crippen LogP contribution is 2.30. The van der Waals surface area contributed by atoms with Crippen LogP contribution in [0, 0.1) is 27.7 Å². The molecule has 0 saturated carbocycles. The van der Waals surface area contributed by atoms with Crippen molar-refractivity contribution in [3.05, 3.63) is 64.7 Å². The third-order valence-corrected chi connectivity index (χ3v) is 5.16. The molecule has 0 fully saturated rings. The van der Waals surface area contributed by atoms with Gasteiger partial charge in [0, 0.05) is 11.3 Å². The number of aryl methyl sites for hydroxylation is 4. The molecule has 3 aromatic heterocycles. The van der Waals surface area contributed by atoms with E-state index in [2.05, 4.69) is 20.5 Å². The number of aromatic nitrogens is 5. The van der Waals surface area contributed by atoms with E-state index in [0.717, 1.165) is 16.9 Å². The quantitative estimate of drug-likeness (QED) is 0.445. The number of ether oxygens (including phenoxy) is 1. The fraction of sp³-hybridized carbons (Fsp3) is 0.304. The number of benzene rings is 1. The molecule has 3 heterocycles. The lowest BCUT2D eigenvalue weighted by Gasteiger charge is -2.09. The molecule has 33 heavy (non-hydrogen) atoms. The Hall–Kier alpha value is -3.82. The van der Waals surface area contributed by atoms with Gasteiger partial charge in [0.2, 0.25) is 5.91 Å². The van der Waals surface area contributed by atoms with Gasteiger partial charge in [-0.05, 0) is 45.4 Å². The van der Waals surface area contributed by atoms with E-state index in [4.69, 9.17) is 4.74 Å². The summed E-state index contributed by atoms with van der Waals surface area (Å²) in [6, 6.07) is 7.26. The fourth-order valence-corrected chi connectivity index (χ4v) is 3.73. The number of anilines is 1. The first kappa shape index (κ1) is 22.4. The Morgan fingerprint density at radius 1 is 1.18 bits per heavy atom. The lowest BCUT2D eigenvalue weighted by molar-refractivity contribution is -0.116. The van der Waals surface area contributed by atoms with Gasteiger partial charge in [0.1, 0.15) is 12.3 Å².